The van der Waals surface area contributed by atoms with Crippen LogP contribution in [-0.4, -0.2) is 10.8 Å². The molecule has 1 heterocycles. The number of rotatable bonds is 3. The summed E-state index contributed by atoms with van der Waals surface area (Å²) in [6.07, 6.45) is 0.872. The molecule has 0 N–H and O–H groups in total. The summed E-state index contributed by atoms with van der Waals surface area (Å²) < 4.78 is 5.50. The van der Waals surface area contributed by atoms with E-state index in [9.17, 15) is 4.79 Å². The molecule has 0 radical (unpaired) electrons. The van der Waals surface area contributed by atoms with Crippen molar-refractivity contribution in [2.24, 2.45) is 11.8 Å². The number of nitrogens with zero attached hydrogens (tertiary/aromatic N) is 2. The number of fused-ring (bicyclic) bond motifs is 1. The molecule has 4 heteroatoms. The van der Waals surface area contributed by atoms with Crippen molar-refractivity contribution in [2.75, 3.05) is 0 Å². The number of carbonyl (C=O) groups is 1. The van der Waals surface area contributed by atoms with Crippen LogP contribution < -0.4 is 0 Å². The van der Waals surface area contributed by atoms with E-state index < -0.39 is 5.92 Å². The van der Waals surface area contributed by atoms with Gasteiger partial charge >= 0.3 is 0 Å². The Kier molecular flexibility index (Phi) is 2.41. The molecule has 0 saturated heterocycles. The van der Waals surface area contributed by atoms with Crippen molar-refractivity contribution in [2.45, 2.75) is 19.3 Å². The van der Waals surface area contributed by atoms with Crippen LogP contribution in [0, 0.1) is 23.2 Å². The molecular formula is C14H12N2O2. The summed E-state index contributed by atoms with van der Waals surface area (Å²) in [5.41, 5.74) is 1.30. The predicted molar refractivity (Wildman–Crippen MR) is 64.6 cm³/mol. The summed E-state index contributed by atoms with van der Waals surface area (Å²) >= 11 is 0. The van der Waals surface area contributed by atoms with Crippen LogP contribution in [0.1, 0.15) is 25.2 Å². The minimum atomic E-state index is -0.868. The van der Waals surface area contributed by atoms with E-state index in [4.69, 9.17) is 9.68 Å². The molecule has 0 unspecified atom stereocenters. The Bertz CT molecular complexity index is 620. The number of carbonyl (C=O) groups excluding carboxylic acids is 1. The number of para-hydroxylation sites is 2. The van der Waals surface area contributed by atoms with Crippen molar-refractivity contribution in [3.63, 3.8) is 0 Å². The van der Waals surface area contributed by atoms with E-state index in [-0.39, 0.29) is 17.6 Å². The van der Waals surface area contributed by atoms with Gasteiger partial charge in [-0.1, -0.05) is 19.1 Å². The second-order valence-corrected chi connectivity index (χ2v) is 4.80. The second-order valence-electron chi connectivity index (χ2n) is 4.80. The van der Waals surface area contributed by atoms with Crippen LogP contribution in [0.2, 0.25) is 0 Å². The van der Waals surface area contributed by atoms with Crippen molar-refractivity contribution >= 4 is 16.9 Å². The van der Waals surface area contributed by atoms with Crippen LogP contribution in [0.4, 0.5) is 0 Å². The first-order valence-electron chi connectivity index (χ1n) is 5.99. The van der Waals surface area contributed by atoms with Crippen molar-refractivity contribution < 1.29 is 9.21 Å². The highest BCUT2D eigenvalue weighted by Gasteiger charge is 2.44. The Balaban J connectivity index is 1.96. The predicted octanol–water partition coefficient (Wildman–Crippen LogP) is 2.66. The maximum atomic E-state index is 12.1. The highest BCUT2D eigenvalue weighted by atomic mass is 16.3. The number of hydrogen-bond donors (Lipinski definition) is 0. The van der Waals surface area contributed by atoms with E-state index in [0.29, 0.717) is 17.0 Å². The molecule has 2 aromatic rings. The molecule has 1 aliphatic rings. The third kappa shape index (κ3) is 1.68. The van der Waals surface area contributed by atoms with E-state index >= 15 is 0 Å². The van der Waals surface area contributed by atoms with Gasteiger partial charge in [-0.25, -0.2) is 4.98 Å². The number of ketones is 1. The number of nitriles is 1. The largest absolute Gasteiger partial charge is 0.439 e. The average molecular weight is 240 g/mol. The third-order valence-electron chi connectivity index (χ3n) is 3.45. The topological polar surface area (TPSA) is 66.9 Å². The van der Waals surface area contributed by atoms with Crippen LogP contribution >= 0.6 is 0 Å². The Morgan fingerprint density at radius 2 is 2.28 bits per heavy atom. The number of benzene rings is 1. The Morgan fingerprint density at radius 1 is 1.56 bits per heavy atom. The summed E-state index contributed by atoms with van der Waals surface area (Å²) in [6, 6.07) is 9.29. The van der Waals surface area contributed by atoms with Crippen molar-refractivity contribution in [3.8, 4) is 6.07 Å². The molecule has 3 rings (SSSR count). The lowest BCUT2D eigenvalue weighted by Crippen LogP contribution is -2.13. The van der Waals surface area contributed by atoms with Crippen LogP contribution in [-0.2, 0) is 4.79 Å². The smallest absolute Gasteiger partial charge is 0.220 e. The van der Waals surface area contributed by atoms with Crippen LogP contribution in [0.3, 0.4) is 0 Å². The van der Waals surface area contributed by atoms with Gasteiger partial charge in [-0.3, -0.25) is 4.79 Å². The molecule has 3 atom stereocenters. The first kappa shape index (κ1) is 11.0. The van der Waals surface area contributed by atoms with Gasteiger partial charge in [-0.15, -0.1) is 0 Å². The fraction of sp³-hybridized carbons (Fsp3) is 0.357. The van der Waals surface area contributed by atoms with E-state index in [1.165, 1.54) is 0 Å². The SMILES string of the molecule is C[C@@H]1C[C@H]1C(=O)[C@@H](C#N)c1nc2ccccc2o1. The lowest BCUT2D eigenvalue weighted by atomic mass is 10.0. The molecule has 1 saturated carbocycles. The highest BCUT2D eigenvalue weighted by Crippen LogP contribution is 2.42. The Morgan fingerprint density at radius 3 is 2.89 bits per heavy atom. The second kappa shape index (κ2) is 3.95. The first-order valence-corrected chi connectivity index (χ1v) is 5.99. The van der Waals surface area contributed by atoms with Gasteiger partial charge in [0.05, 0.1) is 6.07 Å². The van der Waals surface area contributed by atoms with Gasteiger partial charge in [0.1, 0.15) is 5.52 Å². The lowest BCUT2D eigenvalue weighted by Gasteiger charge is -2.01. The van der Waals surface area contributed by atoms with Crippen LogP contribution in [0.5, 0.6) is 0 Å². The molecule has 0 aliphatic heterocycles. The average Bonchev–Trinajstić information content (AvgIpc) is 2.95. The van der Waals surface area contributed by atoms with Gasteiger partial charge < -0.3 is 4.42 Å². The first-order chi connectivity index (χ1) is 8.70. The maximum Gasteiger partial charge on any atom is 0.220 e. The zero-order valence-electron chi connectivity index (χ0n) is 9.96. The standard InChI is InChI=1S/C14H12N2O2/c1-8-6-9(8)13(17)10(7-15)14-16-11-4-2-3-5-12(11)18-14/h2-5,8-10H,6H2,1H3/t8-,9-,10-/m1/s1. The summed E-state index contributed by atoms with van der Waals surface area (Å²) in [5.74, 6) is -0.311. The van der Waals surface area contributed by atoms with Gasteiger partial charge in [0.2, 0.25) is 5.89 Å². The van der Waals surface area contributed by atoms with Crippen LogP contribution in [0.25, 0.3) is 11.1 Å². The van der Waals surface area contributed by atoms with E-state index in [1.54, 1.807) is 12.1 Å². The van der Waals surface area contributed by atoms with Crippen LogP contribution in [0.15, 0.2) is 28.7 Å². The molecular weight excluding hydrogens is 228 g/mol. The minimum Gasteiger partial charge on any atom is -0.439 e. The summed E-state index contributed by atoms with van der Waals surface area (Å²) in [6.45, 7) is 2.02. The number of Topliss-reactive ketones (excluding diaryl/α,β-unsaturated/α-hetero) is 1. The van der Waals surface area contributed by atoms with Crippen molar-refractivity contribution in [1.29, 1.82) is 5.26 Å². The normalized spacial score (nSPS) is 23.6. The van der Waals surface area contributed by atoms with E-state index in [0.717, 1.165) is 6.42 Å². The van der Waals surface area contributed by atoms with Gasteiger partial charge in [0, 0.05) is 5.92 Å². The number of hydrogen-bond acceptors (Lipinski definition) is 4. The Hall–Kier alpha value is -2.15. The third-order valence-corrected chi connectivity index (χ3v) is 3.45. The maximum absolute atomic E-state index is 12.1. The Labute approximate surface area is 104 Å². The minimum absolute atomic E-state index is 0.00432. The van der Waals surface area contributed by atoms with Gasteiger partial charge in [0.15, 0.2) is 17.3 Å². The monoisotopic (exact) mass is 240 g/mol. The molecule has 18 heavy (non-hydrogen) atoms. The van der Waals surface area contributed by atoms with Crippen molar-refractivity contribution in [1.82, 2.24) is 4.98 Å². The van der Waals surface area contributed by atoms with Gasteiger partial charge in [-0.05, 0) is 24.5 Å². The molecule has 0 spiro atoms. The zero-order valence-corrected chi connectivity index (χ0v) is 9.96. The molecule has 0 amide bonds. The molecule has 0 bridgehead atoms. The lowest BCUT2D eigenvalue weighted by molar-refractivity contribution is -0.121. The van der Waals surface area contributed by atoms with E-state index in [2.05, 4.69) is 4.98 Å². The van der Waals surface area contributed by atoms with Crippen molar-refractivity contribution in [3.05, 3.63) is 30.2 Å². The highest BCUT2D eigenvalue weighted by molar-refractivity contribution is 5.92. The summed E-state index contributed by atoms with van der Waals surface area (Å²) in [5, 5.41) is 9.17. The van der Waals surface area contributed by atoms with Gasteiger partial charge in [-0.2, -0.15) is 5.26 Å². The fourth-order valence-corrected chi connectivity index (χ4v) is 2.19. The van der Waals surface area contributed by atoms with E-state index in [1.807, 2.05) is 25.1 Å². The number of aromatic nitrogens is 1. The van der Waals surface area contributed by atoms with Gasteiger partial charge in [0.25, 0.3) is 0 Å². The summed E-state index contributed by atoms with van der Waals surface area (Å²) in [7, 11) is 0. The molecule has 1 fully saturated rings. The zero-order chi connectivity index (χ0) is 12.7. The molecule has 4 nitrogen and oxygen atoms in total. The molecule has 1 aromatic heterocycles. The molecule has 1 aliphatic carbocycles. The molecule has 1 aromatic carbocycles. The number of oxazole rings is 1. The fourth-order valence-electron chi connectivity index (χ4n) is 2.19. The summed E-state index contributed by atoms with van der Waals surface area (Å²) in [4.78, 5) is 16.3. The quantitative estimate of drug-likeness (QED) is 0.827. The molecule has 90 valence electrons.